The molecule has 2 nitrogen and oxygen atoms in total. The lowest BCUT2D eigenvalue weighted by Gasteiger charge is -2.31. The molecule has 2 unspecified atom stereocenters. The molecule has 0 saturated carbocycles. The zero-order chi connectivity index (χ0) is 14.7. The Kier molecular flexibility index (Phi) is 4.54. The van der Waals surface area contributed by atoms with Crippen molar-refractivity contribution < 1.29 is 9.13 Å². The molecule has 1 heterocycles. The molecule has 1 aliphatic rings. The van der Waals surface area contributed by atoms with Crippen LogP contribution in [0.3, 0.4) is 0 Å². The van der Waals surface area contributed by atoms with Crippen LogP contribution >= 0.6 is 11.6 Å². The zero-order valence-electron chi connectivity index (χ0n) is 11.6. The molecule has 0 radical (unpaired) electrons. The first-order chi connectivity index (χ1) is 10.2. The molecule has 2 atom stereocenters. The van der Waals surface area contributed by atoms with Crippen LogP contribution in [0.15, 0.2) is 48.5 Å². The van der Waals surface area contributed by atoms with E-state index >= 15 is 0 Å². The number of rotatable bonds is 3. The van der Waals surface area contributed by atoms with Crippen LogP contribution in [0.25, 0.3) is 0 Å². The minimum atomic E-state index is -0.397. The molecule has 0 aromatic heterocycles. The lowest BCUT2D eigenvalue weighted by molar-refractivity contribution is 0.00304. The fourth-order valence-electron chi connectivity index (χ4n) is 2.58. The van der Waals surface area contributed by atoms with E-state index in [0.29, 0.717) is 19.2 Å². The third-order valence-corrected chi connectivity index (χ3v) is 4.02. The summed E-state index contributed by atoms with van der Waals surface area (Å²) in [6.45, 7) is 1.34. The van der Waals surface area contributed by atoms with Crippen LogP contribution in [0.5, 0.6) is 0 Å². The predicted molar refractivity (Wildman–Crippen MR) is 82.0 cm³/mol. The second-order valence-corrected chi connectivity index (χ2v) is 5.70. The Morgan fingerprint density at radius 2 is 2.00 bits per heavy atom. The first kappa shape index (κ1) is 14.5. The minimum Gasteiger partial charge on any atom is -0.371 e. The van der Waals surface area contributed by atoms with Crippen LogP contribution in [0.1, 0.15) is 17.2 Å². The Hall–Kier alpha value is -1.42. The number of halogens is 2. The topological polar surface area (TPSA) is 21.3 Å². The van der Waals surface area contributed by atoms with Crippen molar-refractivity contribution in [3.63, 3.8) is 0 Å². The molecule has 3 rings (SSSR count). The van der Waals surface area contributed by atoms with E-state index in [0.717, 1.165) is 12.0 Å². The Balaban J connectivity index is 1.58. The summed E-state index contributed by atoms with van der Waals surface area (Å²) in [5, 5.41) is 3.63. The van der Waals surface area contributed by atoms with Crippen molar-refractivity contribution in [2.24, 2.45) is 0 Å². The van der Waals surface area contributed by atoms with Crippen molar-refractivity contribution in [1.29, 1.82) is 0 Å². The van der Waals surface area contributed by atoms with Crippen molar-refractivity contribution in [2.75, 3.05) is 13.2 Å². The molecule has 0 spiro atoms. The number of hydrogen-bond acceptors (Lipinski definition) is 2. The van der Waals surface area contributed by atoms with Crippen LogP contribution in [0.4, 0.5) is 4.39 Å². The van der Waals surface area contributed by atoms with Crippen LogP contribution in [-0.4, -0.2) is 19.2 Å². The van der Waals surface area contributed by atoms with Crippen LogP contribution in [-0.2, 0) is 11.2 Å². The average molecular weight is 306 g/mol. The Morgan fingerprint density at radius 1 is 1.19 bits per heavy atom. The van der Waals surface area contributed by atoms with Crippen molar-refractivity contribution in [3.8, 4) is 0 Å². The molecular weight excluding hydrogens is 289 g/mol. The molecule has 4 heteroatoms. The second kappa shape index (κ2) is 6.56. The highest BCUT2D eigenvalue weighted by Crippen LogP contribution is 2.25. The van der Waals surface area contributed by atoms with Crippen LogP contribution < -0.4 is 5.32 Å². The molecule has 1 N–H and O–H groups in total. The quantitative estimate of drug-likeness (QED) is 0.932. The van der Waals surface area contributed by atoms with Gasteiger partial charge >= 0.3 is 0 Å². The van der Waals surface area contributed by atoms with Gasteiger partial charge in [-0.25, -0.2) is 4.39 Å². The van der Waals surface area contributed by atoms with E-state index in [4.69, 9.17) is 16.3 Å². The summed E-state index contributed by atoms with van der Waals surface area (Å²) in [4.78, 5) is 0. The van der Waals surface area contributed by atoms with Gasteiger partial charge in [0.15, 0.2) is 0 Å². The third kappa shape index (κ3) is 3.62. The number of ether oxygens (including phenoxy) is 1. The summed E-state index contributed by atoms with van der Waals surface area (Å²) < 4.78 is 19.1. The standard InChI is InChI=1S/C17H17ClFNO/c18-15-9-13(6-7-16(15)19)17-10-20-14(11-21-17)8-12-4-2-1-3-5-12/h1-7,9,14,17,20H,8,10-11H2. The van der Waals surface area contributed by atoms with E-state index in [1.54, 1.807) is 12.1 Å². The van der Waals surface area contributed by atoms with E-state index in [1.165, 1.54) is 11.6 Å². The van der Waals surface area contributed by atoms with Crippen LogP contribution in [0, 0.1) is 5.82 Å². The Bertz CT molecular complexity index is 597. The van der Waals surface area contributed by atoms with E-state index in [2.05, 4.69) is 17.4 Å². The molecule has 1 aliphatic heterocycles. The zero-order valence-corrected chi connectivity index (χ0v) is 12.3. The summed E-state index contributed by atoms with van der Waals surface area (Å²) in [5.41, 5.74) is 2.20. The van der Waals surface area contributed by atoms with Gasteiger partial charge in [0, 0.05) is 12.6 Å². The summed E-state index contributed by atoms with van der Waals surface area (Å²) in [6.07, 6.45) is 0.868. The van der Waals surface area contributed by atoms with Gasteiger partial charge in [-0.2, -0.15) is 0 Å². The highest BCUT2D eigenvalue weighted by atomic mass is 35.5. The Labute approximate surface area is 128 Å². The van der Waals surface area contributed by atoms with Gasteiger partial charge < -0.3 is 10.1 Å². The molecule has 110 valence electrons. The molecular formula is C17H17ClFNO. The van der Waals surface area contributed by atoms with E-state index in [9.17, 15) is 4.39 Å². The number of benzene rings is 2. The first-order valence-electron chi connectivity index (χ1n) is 7.06. The molecule has 1 fully saturated rings. The van der Waals surface area contributed by atoms with Gasteiger partial charge in [-0.15, -0.1) is 0 Å². The van der Waals surface area contributed by atoms with E-state index < -0.39 is 5.82 Å². The fourth-order valence-corrected chi connectivity index (χ4v) is 2.77. The van der Waals surface area contributed by atoms with Crippen molar-refractivity contribution in [3.05, 3.63) is 70.5 Å². The van der Waals surface area contributed by atoms with Crippen molar-refractivity contribution >= 4 is 11.6 Å². The largest absolute Gasteiger partial charge is 0.371 e. The highest BCUT2D eigenvalue weighted by Gasteiger charge is 2.23. The molecule has 0 bridgehead atoms. The van der Waals surface area contributed by atoms with E-state index in [-0.39, 0.29) is 11.1 Å². The molecule has 2 aromatic carbocycles. The molecule has 1 saturated heterocycles. The maximum Gasteiger partial charge on any atom is 0.141 e. The predicted octanol–water partition coefficient (Wildman–Crippen LogP) is 3.75. The summed E-state index contributed by atoms with van der Waals surface area (Å²) in [7, 11) is 0. The Morgan fingerprint density at radius 3 is 2.67 bits per heavy atom. The minimum absolute atomic E-state index is 0.0740. The van der Waals surface area contributed by atoms with Gasteiger partial charge in [0.1, 0.15) is 5.82 Å². The molecule has 2 aromatic rings. The van der Waals surface area contributed by atoms with Gasteiger partial charge in [0.25, 0.3) is 0 Å². The van der Waals surface area contributed by atoms with Gasteiger partial charge in [0.2, 0.25) is 0 Å². The number of nitrogens with one attached hydrogen (secondary N) is 1. The number of hydrogen-bond donors (Lipinski definition) is 1. The lowest BCUT2D eigenvalue weighted by Crippen LogP contribution is -2.44. The summed E-state index contributed by atoms with van der Waals surface area (Å²) in [6, 6.07) is 15.4. The van der Waals surface area contributed by atoms with Gasteiger partial charge in [-0.3, -0.25) is 0 Å². The molecule has 21 heavy (non-hydrogen) atoms. The lowest BCUT2D eigenvalue weighted by atomic mass is 10.0. The van der Waals surface area contributed by atoms with Gasteiger partial charge in [0.05, 0.1) is 17.7 Å². The molecule has 0 amide bonds. The highest BCUT2D eigenvalue weighted by molar-refractivity contribution is 6.30. The van der Waals surface area contributed by atoms with Crippen molar-refractivity contribution in [1.82, 2.24) is 5.32 Å². The average Bonchev–Trinajstić information content (AvgIpc) is 2.52. The SMILES string of the molecule is Fc1ccc(C2CNC(Cc3ccccc3)CO2)cc1Cl. The maximum absolute atomic E-state index is 13.2. The first-order valence-corrected chi connectivity index (χ1v) is 7.44. The van der Waals surface area contributed by atoms with Gasteiger partial charge in [-0.05, 0) is 29.7 Å². The molecule has 0 aliphatic carbocycles. The van der Waals surface area contributed by atoms with Crippen molar-refractivity contribution in [2.45, 2.75) is 18.6 Å². The summed E-state index contributed by atoms with van der Waals surface area (Å²) >= 11 is 5.82. The summed E-state index contributed by atoms with van der Waals surface area (Å²) in [5.74, 6) is -0.397. The van der Waals surface area contributed by atoms with Crippen LogP contribution in [0.2, 0.25) is 5.02 Å². The smallest absolute Gasteiger partial charge is 0.141 e. The third-order valence-electron chi connectivity index (χ3n) is 3.73. The maximum atomic E-state index is 13.2. The second-order valence-electron chi connectivity index (χ2n) is 5.29. The number of morpholine rings is 1. The van der Waals surface area contributed by atoms with E-state index in [1.807, 2.05) is 18.2 Å². The van der Waals surface area contributed by atoms with Gasteiger partial charge in [-0.1, -0.05) is 48.0 Å². The monoisotopic (exact) mass is 305 g/mol. The fraction of sp³-hybridized carbons (Fsp3) is 0.294. The normalized spacial score (nSPS) is 22.2.